The van der Waals surface area contributed by atoms with Crippen molar-refractivity contribution >= 4 is 40.8 Å². The number of pyridine rings is 1. The lowest BCUT2D eigenvalue weighted by atomic mass is 10.2. The molecule has 3 rings (SSSR count). The molecule has 3 aromatic rings. The molecular formula is C20H12Cl2F3N3O4. The molecule has 0 unspecified atom stereocenters. The fourth-order valence-electron chi connectivity index (χ4n) is 2.40. The second-order valence-corrected chi connectivity index (χ2v) is 6.97. The van der Waals surface area contributed by atoms with Gasteiger partial charge in [0.1, 0.15) is 5.75 Å². The molecule has 2 aromatic carbocycles. The quantitative estimate of drug-likeness (QED) is 0.336. The van der Waals surface area contributed by atoms with Gasteiger partial charge in [0.2, 0.25) is 5.88 Å². The number of anilines is 1. The first kappa shape index (κ1) is 23.3. The Morgan fingerprint density at radius 2 is 1.75 bits per heavy atom. The van der Waals surface area contributed by atoms with Gasteiger partial charge in [-0.15, -0.1) is 5.06 Å². The van der Waals surface area contributed by atoms with Crippen LogP contribution in [0.5, 0.6) is 11.6 Å². The molecule has 3 amide bonds. The Morgan fingerprint density at radius 1 is 1.03 bits per heavy atom. The smallest absolute Gasteiger partial charge is 0.417 e. The highest BCUT2D eigenvalue weighted by molar-refractivity contribution is 6.34. The summed E-state index contributed by atoms with van der Waals surface area (Å²) in [7, 11) is 0. The average molecular weight is 486 g/mol. The van der Waals surface area contributed by atoms with E-state index in [1.54, 1.807) is 6.07 Å². The fourth-order valence-corrected chi connectivity index (χ4v) is 2.84. The van der Waals surface area contributed by atoms with Gasteiger partial charge in [-0.3, -0.25) is 10.0 Å². The SMILES string of the molecule is O=C(Nc1ccc(Oc2ccc(C(F)(F)F)cn2)c(Cl)c1)N(O)C(=O)c1ccccc1Cl. The van der Waals surface area contributed by atoms with Crippen LogP contribution in [-0.4, -0.2) is 27.2 Å². The van der Waals surface area contributed by atoms with Crippen molar-refractivity contribution in [1.29, 1.82) is 0 Å². The molecule has 0 spiro atoms. The number of hydrogen-bond acceptors (Lipinski definition) is 5. The number of aromatic nitrogens is 1. The van der Waals surface area contributed by atoms with Crippen LogP contribution in [0, 0.1) is 0 Å². The van der Waals surface area contributed by atoms with Crippen LogP contribution < -0.4 is 10.1 Å². The topological polar surface area (TPSA) is 91.8 Å². The van der Waals surface area contributed by atoms with Crippen molar-refractivity contribution in [2.24, 2.45) is 0 Å². The number of halogens is 5. The van der Waals surface area contributed by atoms with E-state index in [4.69, 9.17) is 27.9 Å². The number of imide groups is 1. The molecule has 0 aliphatic heterocycles. The minimum Gasteiger partial charge on any atom is -0.437 e. The van der Waals surface area contributed by atoms with Crippen molar-refractivity contribution in [3.63, 3.8) is 0 Å². The first-order valence-electron chi connectivity index (χ1n) is 8.66. The third-order valence-corrected chi connectivity index (χ3v) is 4.58. The van der Waals surface area contributed by atoms with Gasteiger partial charge in [0.25, 0.3) is 5.91 Å². The van der Waals surface area contributed by atoms with Gasteiger partial charge in [-0.2, -0.15) is 13.2 Å². The number of hydrogen-bond donors (Lipinski definition) is 2. The van der Waals surface area contributed by atoms with E-state index in [1.807, 2.05) is 0 Å². The number of nitrogens with zero attached hydrogens (tertiary/aromatic N) is 2. The molecule has 32 heavy (non-hydrogen) atoms. The molecule has 0 saturated heterocycles. The Hall–Kier alpha value is -3.34. The highest BCUT2D eigenvalue weighted by atomic mass is 35.5. The van der Waals surface area contributed by atoms with Gasteiger partial charge in [0.15, 0.2) is 0 Å². The zero-order chi connectivity index (χ0) is 23.5. The third-order valence-electron chi connectivity index (χ3n) is 3.95. The minimum absolute atomic E-state index is 0.0218. The molecule has 0 aliphatic rings. The van der Waals surface area contributed by atoms with Gasteiger partial charge >= 0.3 is 12.2 Å². The first-order chi connectivity index (χ1) is 15.1. The number of amides is 3. The lowest BCUT2D eigenvalue weighted by molar-refractivity contribution is -0.137. The molecule has 12 heteroatoms. The standard InChI is InChI=1S/C20H12Cl2F3N3O4/c21-14-4-2-1-3-13(14)18(29)28(31)19(30)27-12-6-7-16(15(22)9-12)32-17-8-5-11(10-26-17)20(23,24)25/h1-10,31H,(H,27,30). The van der Waals surface area contributed by atoms with Crippen LogP contribution in [0.3, 0.4) is 0 Å². The first-order valence-corrected chi connectivity index (χ1v) is 9.41. The van der Waals surface area contributed by atoms with E-state index in [1.165, 1.54) is 36.4 Å². The van der Waals surface area contributed by atoms with Crippen LogP contribution in [0.2, 0.25) is 10.0 Å². The number of nitrogens with one attached hydrogen (secondary N) is 1. The summed E-state index contributed by atoms with van der Waals surface area (Å²) in [5.74, 6) is -1.14. The maximum absolute atomic E-state index is 12.6. The maximum Gasteiger partial charge on any atom is 0.417 e. The number of rotatable bonds is 4. The highest BCUT2D eigenvalue weighted by Crippen LogP contribution is 2.33. The lowest BCUT2D eigenvalue weighted by Gasteiger charge is -2.15. The summed E-state index contributed by atoms with van der Waals surface area (Å²) in [5, 5.41) is 12.0. The molecule has 0 radical (unpaired) electrons. The van der Waals surface area contributed by atoms with E-state index in [0.717, 1.165) is 12.1 Å². The van der Waals surface area contributed by atoms with Crippen LogP contribution in [0.15, 0.2) is 60.8 Å². The maximum atomic E-state index is 12.6. The number of alkyl halides is 3. The zero-order valence-corrected chi connectivity index (χ0v) is 17.2. The van der Waals surface area contributed by atoms with E-state index in [2.05, 4.69) is 10.3 Å². The van der Waals surface area contributed by atoms with E-state index in [0.29, 0.717) is 6.20 Å². The fraction of sp³-hybridized carbons (Fsp3) is 0.0500. The van der Waals surface area contributed by atoms with Gasteiger partial charge in [-0.25, -0.2) is 9.78 Å². The van der Waals surface area contributed by atoms with E-state index >= 15 is 0 Å². The molecule has 1 aromatic heterocycles. The summed E-state index contributed by atoms with van der Waals surface area (Å²) in [6.07, 6.45) is -3.92. The number of carbonyl (C=O) groups is 2. The summed E-state index contributed by atoms with van der Waals surface area (Å²) in [6, 6.07) is 10.4. The molecule has 1 heterocycles. The Kier molecular flexibility index (Phi) is 6.87. The van der Waals surface area contributed by atoms with Crippen molar-refractivity contribution < 1.29 is 32.7 Å². The van der Waals surface area contributed by atoms with Crippen LogP contribution in [0.4, 0.5) is 23.7 Å². The van der Waals surface area contributed by atoms with Crippen molar-refractivity contribution in [1.82, 2.24) is 10.0 Å². The van der Waals surface area contributed by atoms with Crippen molar-refractivity contribution in [2.45, 2.75) is 6.18 Å². The van der Waals surface area contributed by atoms with Crippen molar-refractivity contribution in [2.75, 3.05) is 5.32 Å². The highest BCUT2D eigenvalue weighted by Gasteiger charge is 2.30. The van der Waals surface area contributed by atoms with E-state index < -0.39 is 23.7 Å². The van der Waals surface area contributed by atoms with Gasteiger partial charge in [0.05, 0.1) is 21.2 Å². The normalized spacial score (nSPS) is 11.1. The molecule has 166 valence electrons. The van der Waals surface area contributed by atoms with Crippen molar-refractivity contribution in [3.05, 3.63) is 82.0 Å². The largest absolute Gasteiger partial charge is 0.437 e. The predicted molar refractivity (Wildman–Crippen MR) is 109 cm³/mol. The number of ether oxygens (including phenoxy) is 1. The van der Waals surface area contributed by atoms with Crippen LogP contribution in [0.1, 0.15) is 15.9 Å². The van der Waals surface area contributed by atoms with E-state index in [-0.39, 0.29) is 38.0 Å². The molecule has 7 nitrogen and oxygen atoms in total. The molecule has 0 fully saturated rings. The molecule has 0 saturated carbocycles. The van der Waals surface area contributed by atoms with Gasteiger partial charge in [0, 0.05) is 18.0 Å². The van der Waals surface area contributed by atoms with Crippen LogP contribution in [0.25, 0.3) is 0 Å². The Morgan fingerprint density at radius 3 is 2.34 bits per heavy atom. The number of urea groups is 1. The summed E-state index contributed by atoms with van der Waals surface area (Å²) in [6.45, 7) is 0. The summed E-state index contributed by atoms with van der Waals surface area (Å²) < 4.78 is 43.1. The Bertz CT molecular complexity index is 1160. The summed E-state index contributed by atoms with van der Waals surface area (Å²) in [5.41, 5.74) is -0.926. The number of benzene rings is 2. The van der Waals surface area contributed by atoms with Crippen LogP contribution in [-0.2, 0) is 6.18 Å². The molecule has 0 atom stereocenters. The average Bonchev–Trinajstić information content (AvgIpc) is 2.74. The second kappa shape index (κ2) is 9.43. The number of carbonyl (C=O) groups excluding carboxylic acids is 2. The molecular weight excluding hydrogens is 474 g/mol. The van der Waals surface area contributed by atoms with Crippen LogP contribution >= 0.6 is 23.2 Å². The monoisotopic (exact) mass is 485 g/mol. The van der Waals surface area contributed by atoms with Crippen molar-refractivity contribution in [3.8, 4) is 11.6 Å². The second-order valence-electron chi connectivity index (χ2n) is 6.16. The third kappa shape index (κ3) is 5.47. The molecule has 0 bridgehead atoms. The predicted octanol–water partition coefficient (Wildman–Crippen LogP) is 6.26. The minimum atomic E-state index is -4.53. The molecule has 2 N–H and O–H groups in total. The van der Waals surface area contributed by atoms with Gasteiger partial charge in [-0.1, -0.05) is 35.3 Å². The molecule has 0 aliphatic carbocycles. The number of hydroxylamine groups is 2. The summed E-state index contributed by atoms with van der Waals surface area (Å²) in [4.78, 5) is 28.0. The Balaban J connectivity index is 1.67. The zero-order valence-electron chi connectivity index (χ0n) is 15.7. The van der Waals surface area contributed by atoms with E-state index in [9.17, 15) is 28.0 Å². The summed E-state index contributed by atoms with van der Waals surface area (Å²) >= 11 is 12.0. The lowest BCUT2D eigenvalue weighted by Crippen LogP contribution is -2.37. The van der Waals surface area contributed by atoms with Gasteiger partial charge < -0.3 is 10.1 Å². The van der Waals surface area contributed by atoms with Gasteiger partial charge in [-0.05, 0) is 36.4 Å². The Labute approximate surface area is 188 Å².